The Morgan fingerprint density at radius 3 is 2.46 bits per heavy atom. The molecule has 134 valence electrons. The van der Waals surface area contributed by atoms with Gasteiger partial charge in [-0.1, -0.05) is 24.3 Å². The molecule has 5 heteroatoms. The van der Waals surface area contributed by atoms with Gasteiger partial charge in [0, 0.05) is 13.0 Å². The number of rotatable bonds is 5. The van der Waals surface area contributed by atoms with E-state index in [1.807, 2.05) is 24.3 Å². The Labute approximate surface area is 152 Å². The number of hydrogen-bond acceptors (Lipinski definition) is 4. The molecule has 0 bridgehead atoms. The Morgan fingerprint density at radius 1 is 1.00 bits per heavy atom. The van der Waals surface area contributed by atoms with Crippen LogP contribution >= 0.6 is 0 Å². The Bertz CT molecular complexity index is 791. The first-order valence-electron chi connectivity index (χ1n) is 9.05. The molecule has 0 aliphatic carbocycles. The fourth-order valence-electron chi connectivity index (χ4n) is 3.41. The molecule has 0 aromatic heterocycles. The third-order valence-corrected chi connectivity index (χ3v) is 4.81. The van der Waals surface area contributed by atoms with Gasteiger partial charge in [-0.15, -0.1) is 0 Å². The van der Waals surface area contributed by atoms with Crippen LogP contribution in [0.1, 0.15) is 45.5 Å². The van der Waals surface area contributed by atoms with Crippen molar-refractivity contribution in [2.24, 2.45) is 0 Å². The summed E-state index contributed by atoms with van der Waals surface area (Å²) < 4.78 is 11.5. The number of benzene rings is 2. The van der Waals surface area contributed by atoms with Crippen molar-refractivity contribution in [3.8, 4) is 5.75 Å². The molecule has 26 heavy (non-hydrogen) atoms. The standard InChI is InChI=1S/C21H21NO4/c23-20-17-8-1-2-9-18(17)21(24)22(20)12-11-15-6-5-7-16(14-15)26-19-10-3-4-13-25-19/h1-2,5-9,14,19H,3-4,10-13H2. The van der Waals surface area contributed by atoms with E-state index >= 15 is 0 Å². The van der Waals surface area contributed by atoms with E-state index in [0.717, 1.165) is 37.2 Å². The Hall–Kier alpha value is -2.66. The number of imide groups is 1. The van der Waals surface area contributed by atoms with E-state index in [1.54, 1.807) is 24.3 Å². The highest BCUT2D eigenvalue weighted by molar-refractivity contribution is 6.21. The van der Waals surface area contributed by atoms with Crippen LogP contribution in [0.15, 0.2) is 48.5 Å². The number of carbonyl (C=O) groups is 2. The topological polar surface area (TPSA) is 55.8 Å². The summed E-state index contributed by atoms with van der Waals surface area (Å²) in [7, 11) is 0. The molecule has 2 aliphatic heterocycles. The van der Waals surface area contributed by atoms with Crippen LogP contribution < -0.4 is 4.74 Å². The smallest absolute Gasteiger partial charge is 0.261 e. The summed E-state index contributed by atoms with van der Waals surface area (Å²) in [6.45, 7) is 1.10. The number of amides is 2. The monoisotopic (exact) mass is 351 g/mol. The van der Waals surface area contributed by atoms with Crippen LogP contribution in [0.4, 0.5) is 0 Å². The third kappa shape index (κ3) is 3.35. The molecule has 0 radical (unpaired) electrons. The van der Waals surface area contributed by atoms with E-state index in [9.17, 15) is 9.59 Å². The maximum absolute atomic E-state index is 12.4. The molecule has 0 spiro atoms. The van der Waals surface area contributed by atoms with Crippen molar-refractivity contribution in [1.82, 2.24) is 4.90 Å². The van der Waals surface area contributed by atoms with Crippen LogP contribution in [0.25, 0.3) is 0 Å². The van der Waals surface area contributed by atoms with E-state index in [-0.39, 0.29) is 18.1 Å². The van der Waals surface area contributed by atoms with E-state index in [1.165, 1.54) is 4.90 Å². The number of hydrogen-bond donors (Lipinski definition) is 0. The second-order valence-corrected chi connectivity index (χ2v) is 6.62. The lowest BCUT2D eigenvalue weighted by atomic mass is 10.1. The van der Waals surface area contributed by atoms with Gasteiger partial charge in [-0.05, 0) is 49.1 Å². The first-order valence-corrected chi connectivity index (χ1v) is 9.05. The zero-order chi connectivity index (χ0) is 17.9. The summed E-state index contributed by atoms with van der Waals surface area (Å²) in [5.74, 6) is 0.332. The highest BCUT2D eigenvalue weighted by Gasteiger charge is 2.34. The molecule has 4 rings (SSSR count). The summed E-state index contributed by atoms with van der Waals surface area (Å²) >= 11 is 0. The van der Waals surface area contributed by atoms with Gasteiger partial charge < -0.3 is 9.47 Å². The van der Waals surface area contributed by atoms with E-state index in [2.05, 4.69) is 0 Å². The molecule has 2 aromatic rings. The van der Waals surface area contributed by atoms with E-state index in [4.69, 9.17) is 9.47 Å². The molecule has 1 fully saturated rings. The Morgan fingerprint density at radius 2 is 1.77 bits per heavy atom. The third-order valence-electron chi connectivity index (χ3n) is 4.81. The fraction of sp³-hybridized carbons (Fsp3) is 0.333. The van der Waals surface area contributed by atoms with Gasteiger partial charge in [0.15, 0.2) is 6.29 Å². The number of ether oxygens (including phenoxy) is 2. The maximum atomic E-state index is 12.4. The summed E-state index contributed by atoms with van der Waals surface area (Å²) in [5.41, 5.74) is 2.00. The number of nitrogens with zero attached hydrogens (tertiary/aromatic N) is 1. The molecule has 2 aliphatic rings. The minimum absolute atomic E-state index is 0.185. The Kier molecular flexibility index (Phi) is 4.71. The number of carbonyl (C=O) groups excluding carboxylic acids is 2. The number of fused-ring (bicyclic) bond motifs is 1. The summed E-state index contributed by atoms with van der Waals surface area (Å²) in [6, 6.07) is 14.7. The first kappa shape index (κ1) is 16.8. The molecular weight excluding hydrogens is 330 g/mol. The molecule has 0 N–H and O–H groups in total. The van der Waals surface area contributed by atoms with Gasteiger partial charge in [-0.3, -0.25) is 14.5 Å². The predicted molar refractivity (Wildman–Crippen MR) is 96.2 cm³/mol. The average Bonchev–Trinajstić information content (AvgIpc) is 2.92. The van der Waals surface area contributed by atoms with Gasteiger partial charge in [0.1, 0.15) is 5.75 Å². The normalized spacial score (nSPS) is 19.5. The van der Waals surface area contributed by atoms with Crippen LogP contribution in [0, 0.1) is 0 Å². The quantitative estimate of drug-likeness (QED) is 0.775. The minimum atomic E-state index is -0.214. The van der Waals surface area contributed by atoms with Crippen molar-refractivity contribution in [2.75, 3.05) is 13.2 Å². The molecule has 1 saturated heterocycles. The zero-order valence-electron chi connectivity index (χ0n) is 14.5. The highest BCUT2D eigenvalue weighted by atomic mass is 16.7. The highest BCUT2D eigenvalue weighted by Crippen LogP contribution is 2.24. The summed E-state index contributed by atoms with van der Waals surface area (Å²) in [6.07, 6.45) is 3.51. The summed E-state index contributed by atoms with van der Waals surface area (Å²) in [5, 5.41) is 0. The average molecular weight is 351 g/mol. The maximum Gasteiger partial charge on any atom is 0.261 e. The fourth-order valence-corrected chi connectivity index (χ4v) is 3.41. The van der Waals surface area contributed by atoms with Crippen molar-refractivity contribution in [1.29, 1.82) is 0 Å². The Balaban J connectivity index is 1.40. The molecule has 2 heterocycles. The van der Waals surface area contributed by atoms with Gasteiger partial charge in [-0.25, -0.2) is 0 Å². The van der Waals surface area contributed by atoms with Crippen LogP contribution in [0.2, 0.25) is 0 Å². The minimum Gasteiger partial charge on any atom is -0.465 e. The van der Waals surface area contributed by atoms with Crippen molar-refractivity contribution in [3.63, 3.8) is 0 Å². The molecule has 1 atom stereocenters. The van der Waals surface area contributed by atoms with Gasteiger partial charge >= 0.3 is 0 Å². The molecular formula is C21H21NO4. The van der Waals surface area contributed by atoms with Gasteiger partial charge in [-0.2, -0.15) is 0 Å². The van der Waals surface area contributed by atoms with Gasteiger partial charge in [0.25, 0.3) is 11.8 Å². The van der Waals surface area contributed by atoms with Crippen molar-refractivity contribution >= 4 is 11.8 Å². The SMILES string of the molecule is O=C1c2ccccc2C(=O)N1CCc1cccc(OC2CCCCO2)c1. The first-order chi connectivity index (χ1) is 12.7. The van der Waals surface area contributed by atoms with Crippen LogP contribution in [0.3, 0.4) is 0 Å². The summed E-state index contributed by atoms with van der Waals surface area (Å²) in [4.78, 5) is 26.2. The van der Waals surface area contributed by atoms with Crippen LogP contribution in [-0.4, -0.2) is 36.2 Å². The largest absolute Gasteiger partial charge is 0.465 e. The second kappa shape index (κ2) is 7.30. The predicted octanol–water partition coefficient (Wildman–Crippen LogP) is 3.43. The van der Waals surface area contributed by atoms with Gasteiger partial charge in [0.2, 0.25) is 0 Å². The molecule has 5 nitrogen and oxygen atoms in total. The van der Waals surface area contributed by atoms with Gasteiger partial charge in [0.05, 0.1) is 17.7 Å². The van der Waals surface area contributed by atoms with Crippen LogP contribution in [0.5, 0.6) is 5.75 Å². The zero-order valence-corrected chi connectivity index (χ0v) is 14.5. The van der Waals surface area contributed by atoms with Crippen molar-refractivity contribution in [2.45, 2.75) is 32.0 Å². The molecule has 1 unspecified atom stereocenters. The lowest BCUT2D eigenvalue weighted by Crippen LogP contribution is -2.31. The van der Waals surface area contributed by atoms with E-state index in [0.29, 0.717) is 24.1 Å². The molecule has 2 amide bonds. The lowest BCUT2D eigenvalue weighted by molar-refractivity contribution is -0.105. The van der Waals surface area contributed by atoms with Crippen LogP contribution in [-0.2, 0) is 11.2 Å². The van der Waals surface area contributed by atoms with Crippen molar-refractivity contribution < 1.29 is 19.1 Å². The molecule has 2 aromatic carbocycles. The lowest BCUT2D eigenvalue weighted by Gasteiger charge is -2.23. The second-order valence-electron chi connectivity index (χ2n) is 6.62. The molecule has 0 saturated carbocycles. The van der Waals surface area contributed by atoms with Crippen molar-refractivity contribution in [3.05, 3.63) is 65.2 Å². The van der Waals surface area contributed by atoms with E-state index < -0.39 is 0 Å².